The summed E-state index contributed by atoms with van der Waals surface area (Å²) in [4.78, 5) is 3.78. The summed E-state index contributed by atoms with van der Waals surface area (Å²) >= 11 is 0.951. The fourth-order valence-corrected chi connectivity index (χ4v) is 1.25. The van der Waals surface area contributed by atoms with Crippen molar-refractivity contribution in [2.24, 2.45) is 0 Å². The molecular formula is C6H8F3N3OS. The van der Waals surface area contributed by atoms with E-state index in [0.29, 0.717) is 5.82 Å². The van der Waals surface area contributed by atoms with Crippen LogP contribution in [-0.4, -0.2) is 33.3 Å². The van der Waals surface area contributed by atoms with Crippen molar-refractivity contribution in [2.45, 2.75) is 19.2 Å². The second kappa shape index (κ2) is 4.09. The lowest BCUT2D eigenvalue weighted by atomic mass is 10.3. The predicted octanol–water partition coefficient (Wildman–Crippen LogP) is 1.18. The molecule has 1 heterocycles. The Morgan fingerprint density at radius 3 is 2.64 bits per heavy atom. The third-order valence-electron chi connectivity index (χ3n) is 1.35. The number of nitrogens with one attached hydrogen (secondary N) is 1. The summed E-state index contributed by atoms with van der Waals surface area (Å²) in [5, 5.41) is 11.2. The average molecular weight is 227 g/mol. The summed E-state index contributed by atoms with van der Waals surface area (Å²) in [5.74, 6) is 0.485. The van der Waals surface area contributed by atoms with Crippen LogP contribution in [0.3, 0.4) is 0 Å². The smallest absolute Gasteiger partial charge is 0.382 e. The van der Waals surface area contributed by atoms with E-state index < -0.39 is 18.8 Å². The summed E-state index contributed by atoms with van der Waals surface area (Å²) in [6, 6.07) is 0. The first-order chi connectivity index (χ1) is 6.39. The van der Waals surface area contributed by atoms with Crippen LogP contribution in [0.2, 0.25) is 0 Å². The van der Waals surface area contributed by atoms with Gasteiger partial charge in [-0.1, -0.05) is 0 Å². The lowest BCUT2D eigenvalue weighted by Gasteiger charge is -2.13. The van der Waals surface area contributed by atoms with Crippen LogP contribution in [0.15, 0.2) is 0 Å². The maximum Gasteiger partial charge on any atom is 0.416 e. The van der Waals surface area contributed by atoms with Crippen LogP contribution in [0, 0.1) is 6.92 Å². The largest absolute Gasteiger partial charge is 0.416 e. The van der Waals surface area contributed by atoms with Gasteiger partial charge in [0.1, 0.15) is 5.82 Å². The summed E-state index contributed by atoms with van der Waals surface area (Å²) in [6.45, 7) is 1.01. The van der Waals surface area contributed by atoms with E-state index >= 15 is 0 Å². The minimum Gasteiger partial charge on any atom is -0.382 e. The summed E-state index contributed by atoms with van der Waals surface area (Å²) in [5.41, 5.74) is 0. The van der Waals surface area contributed by atoms with Gasteiger partial charge in [0.05, 0.1) is 6.54 Å². The minimum atomic E-state index is -4.60. The number of alkyl halides is 3. The molecule has 0 saturated heterocycles. The average Bonchev–Trinajstić information content (AvgIpc) is 2.45. The molecule has 0 bridgehead atoms. The van der Waals surface area contributed by atoms with Gasteiger partial charge in [-0.15, -0.1) is 0 Å². The molecule has 0 radical (unpaired) electrons. The SMILES string of the molecule is Cc1nsc(NCC(O)C(F)(F)F)n1. The van der Waals surface area contributed by atoms with Crippen molar-refractivity contribution in [2.75, 3.05) is 11.9 Å². The van der Waals surface area contributed by atoms with Crippen molar-refractivity contribution < 1.29 is 18.3 Å². The fourth-order valence-electron chi connectivity index (χ4n) is 0.669. The molecule has 0 aliphatic heterocycles. The number of aromatic nitrogens is 2. The Bertz CT molecular complexity index is 301. The zero-order valence-electron chi connectivity index (χ0n) is 7.17. The molecule has 1 aromatic rings. The van der Waals surface area contributed by atoms with Crippen LogP contribution < -0.4 is 5.32 Å². The number of aliphatic hydroxyl groups excluding tert-OH is 1. The highest BCUT2D eigenvalue weighted by atomic mass is 32.1. The predicted molar refractivity (Wildman–Crippen MR) is 45.2 cm³/mol. The quantitative estimate of drug-likeness (QED) is 0.814. The Labute approximate surface area is 82.0 Å². The zero-order chi connectivity index (χ0) is 10.8. The van der Waals surface area contributed by atoms with Gasteiger partial charge in [0, 0.05) is 11.5 Å². The van der Waals surface area contributed by atoms with Gasteiger partial charge in [-0.25, -0.2) is 4.98 Å². The molecule has 8 heteroatoms. The standard InChI is InChI=1S/C6H8F3N3OS/c1-3-11-5(14-12-3)10-2-4(13)6(7,8)9/h4,13H,2H2,1H3,(H,10,11,12). The summed E-state index contributed by atoms with van der Waals surface area (Å²) < 4.78 is 39.3. The molecule has 0 fully saturated rings. The highest BCUT2D eigenvalue weighted by Gasteiger charge is 2.37. The first kappa shape index (κ1) is 11.2. The molecule has 1 unspecified atom stereocenters. The summed E-state index contributed by atoms with van der Waals surface area (Å²) in [7, 11) is 0. The molecule has 2 N–H and O–H groups in total. The van der Waals surface area contributed by atoms with Crippen molar-refractivity contribution in [1.82, 2.24) is 9.36 Å². The van der Waals surface area contributed by atoms with Crippen LogP contribution in [0.4, 0.5) is 18.3 Å². The molecule has 4 nitrogen and oxygen atoms in total. The number of anilines is 1. The van der Waals surface area contributed by atoms with Crippen LogP contribution >= 0.6 is 11.5 Å². The molecular weight excluding hydrogens is 219 g/mol. The molecule has 0 aromatic carbocycles. The lowest BCUT2D eigenvalue weighted by Crippen LogP contribution is -2.34. The molecule has 0 spiro atoms. The minimum absolute atomic E-state index is 0.269. The maximum absolute atomic E-state index is 11.8. The number of rotatable bonds is 3. The Balaban J connectivity index is 2.41. The molecule has 0 aliphatic carbocycles. The second-order valence-electron chi connectivity index (χ2n) is 2.59. The third-order valence-corrected chi connectivity index (χ3v) is 2.12. The van der Waals surface area contributed by atoms with Crippen LogP contribution in [-0.2, 0) is 0 Å². The van der Waals surface area contributed by atoms with Gasteiger partial charge < -0.3 is 10.4 Å². The van der Waals surface area contributed by atoms with Gasteiger partial charge >= 0.3 is 6.18 Å². The normalized spacial score (nSPS) is 14.1. The van der Waals surface area contributed by atoms with Crippen molar-refractivity contribution in [3.8, 4) is 0 Å². The van der Waals surface area contributed by atoms with Gasteiger partial charge in [-0.3, -0.25) is 0 Å². The van der Waals surface area contributed by atoms with Crippen molar-refractivity contribution in [3.05, 3.63) is 5.82 Å². The van der Waals surface area contributed by atoms with Crippen molar-refractivity contribution in [1.29, 1.82) is 0 Å². The Kier molecular flexibility index (Phi) is 3.27. The van der Waals surface area contributed by atoms with E-state index in [2.05, 4.69) is 14.7 Å². The van der Waals surface area contributed by atoms with Crippen molar-refractivity contribution >= 4 is 16.7 Å². The Hall–Kier alpha value is -0.890. The molecule has 0 saturated carbocycles. The Morgan fingerprint density at radius 1 is 1.57 bits per heavy atom. The van der Waals surface area contributed by atoms with E-state index in [0.717, 1.165) is 11.5 Å². The second-order valence-corrected chi connectivity index (χ2v) is 3.34. The monoisotopic (exact) mass is 227 g/mol. The first-order valence-electron chi connectivity index (χ1n) is 3.68. The summed E-state index contributed by atoms with van der Waals surface area (Å²) in [6.07, 6.45) is -6.99. The molecule has 1 atom stereocenters. The van der Waals surface area contributed by atoms with Crippen molar-refractivity contribution in [3.63, 3.8) is 0 Å². The van der Waals surface area contributed by atoms with Gasteiger partial charge in [0.2, 0.25) is 5.13 Å². The number of hydrogen-bond acceptors (Lipinski definition) is 5. The number of halogens is 3. The van der Waals surface area contributed by atoms with E-state index in [-0.39, 0.29) is 5.13 Å². The zero-order valence-corrected chi connectivity index (χ0v) is 7.98. The molecule has 80 valence electrons. The molecule has 1 aromatic heterocycles. The number of hydrogen-bond donors (Lipinski definition) is 2. The van der Waals surface area contributed by atoms with E-state index in [1.165, 1.54) is 0 Å². The molecule has 0 amide bonds. The highest BCUT2D eigenvalue weighted by Crippen LogP contribution is 2.20. The number of aliphatic hydroxyl groups is 1. The number of aryl methyl sites for hydroxylation is 1. The highest BCUT2D eigenvalue weighted by molar-refractivity contribution is 7.09. The van der Waals surface area contributed by atoms with E-state index in [4.69, 9.17) is 5.11 Å². The molecule has 1 rings (SSSR count). The van der Waals surface area contributed by atoms with Crippen LogP contribution in [0.1, 0.15) is 5.82 Å². The Morgan fingerprint density at radius 2 is 2.21 bits per heavy atom. The lowest BCUT2D eigenvalue weighted by molar-refractivity contribution is -0.198. The van der Waals surface area contributed by atoms with Gasteiger partial charge in [0.15, 0.2) is 6.10 Å². The topological polar surface area (TPSA) is 58.0 Å². The van der Waals surface area contributed by atoms with Crippen LogP contribution in [0.25, 0.3) is 0 Å². The van der Waals surface area contributed by atoms with Gasteiger partial charge in [-0.2, -0.15) is 17.5 Å². The van der Waals surface area contributed by atoms with E-state index in [1.54, 1.807) is 6.92 Å². The number of nitrogens with zero attached hydrogens (tertiary/aromatic N) is 2. The fraction of sp³-hybridized carbons (Fsp3) is 0.667. The first-order valence-corrected chi connectivity index (χ1v) is 4.46. The van der Waals surface area contributed by atoms with E-state index in [1.807, 2.05) is 0 Å². The molecule has 14 heavy (non-hydrogen) atoms. The van der Waals surface area contributed by atoms with Crippen LogP contribution in [0.5, 0.6) is 0 Å². The van der Waals surface area contributed by atoms with Gasteiger partial charge in [0.25, 0.3) is 0 Å². The maximum atomic E-state index is 11.8. The molecule has 0 aliphatic rings. The van der Waals surface area contributed by atoms with E-state index in [9.17, 15) is 13.2 Å². The third kappa shape index (κ3) is 3.11. The van der Waals surface area contributed by atoms with Gasteiger partial charge in [-0.05, 0) is 6.92 Å².